The van der Waals surface area contributed by atoms with Crippen LogP contribution in [-0.4, -0.2) is 17.6 Å². The fourth-order valence-corrected chi connectivity index (χ4v) is 1.52. The second kappa shape index (κ2) is 5.63. The topological polar surface area (TPSA) is 49.3 Å². The zero-order chi connectivity index (χ0) is 11.3. The Kier molecular flexibility index (Phi) is 4.46. The van der Waals surface area contributed by atoms with Crippen LogP contribution >= 0.6 is 23.2 Å². The Hall–Kier alpha value is -1.19. The Bertz CT molecular complexity index is 371. The van der Waals surface area contributed by atoms with Gasteiger partial charge < -0.3 is 10.4 Å². The minimum absolute atomic E-state index is 0.357. The second-order valence-corrected chi connectivity index (χ2v) is 3.53. The van der Waals surface area contributed by atoms with E-state index in [0.29, 0.717) is 22.3 Å². The number of hydrogen-bond donors (Lipinski definition) is 2. The van der Waals surface area contributed by atoms with Gasteiger partial charge >= 0.3 is 5.97 Å². The van der Waals surface area contributed by atoms with Crippen molar-refractivity contribution >= 4 is 34.9 Å². The average Bonchev–Trinajstić information content (AvgIpc) is 2.15. The first-order valence-corrected chi connectivity index (χ1v) is 4.94. The van der Waals surface area contributed by atoms with Gasteiger partial charge in [-0.1, -0.05) is 35.3 Å². The highest BCUT2D eigenvalue weighted by Gasteiger charge is 2.02. The van der Waals surface area contributed by atoms with Crippen LogP contribution < -0.4 is 5.32 Å². The summed E-state index contributed by atoms with van der Waals surface area (Å²) in [6.45, 7) is 0.357. The first-order chi connectivity index (χ1) is 7.11. The molecule has 0 saturated heterocycles. The number of carboxylic acids is 1. The van der Waals surface area contributed by atoms with E-state index < -0.39 is 5.97 Å². The predicted molar refractivity (Wildman–Crippen MR) is 61.7 cm³/mol. The van der Waals surface area contributed by atoms with Crippen molar-refractivity contribution in [3.8, 4) is 0 Å². The third kappa shape index (κ3) is 3.81. The molecule has 0 bridgehead atoms. The summed E-state index contributed by atoms with van der Waals surface area (Å²) < 4.78 is 0. The van der Waals surface area contributed by atoms with Crippen molar-refractivity contribution in [2.24, 2.45) is 0 Å². The number of nitrogens with one attached hydrogen (secondary N) is 1. The zero-order valence-electron chi connectivity index (χ0n) is 7.71. The SMILES string of the molecule is O=C(O)/C=C/CNc1c(Cl)cccc1Cl. The quantitative estimate of drug-likeness (QED) is 0.802. The van der Waals surface area contributed by atoms with E-state index >= 15 is 0 Å². The zero-order valence-corrected chi connectivity index (χ0v) is 9.22. The number of para-hydroxylation sites is 1. The largest absolute Gasteiger partial charge is 0.478 e. The van der Waals surface area contributed by atoms with E-state index in [1.165, 1.54) is 6.08 Å². The predicted octanol–water partition coefficient (Wildman–Crippen LogP) is 3.05. The molecule has 0 unspecified atom stereocenters. The summed E-state index contributed by atoms with van der Waals surface area (Å²) in [4.78, 5) is 10.2. The fraction of sp³-hybridized carbons (Fsp3) is 0.100. The summed E-state index contributed by atoms with van der Waals surface area (Å²) in [6, 6.07) is 5.15. The van der Waals surface area contributed by atoms with Crippen LogP contribution in [0.15, 0.2) is 30.4 Å². The smallest absolute Gasteiger partial charge is 0.328 e. The van der Waals surface area contributed by atoms with E-state index in [0.717, 1.165) is 6.08 Å². The molecule has 0 amide bonds. The molecule has 0 aromatic heterocycles. The van der Waals surface area contributed by atoms with E-state index in [-0.39, 0.29) is 0 Å². The van der Waals surface area contributed by atoms with Crippen LogP contribution in [-0.2, 0) is 4.79 Å². The molecular formula is C10H9Cl2NO2. The number of carboxylic acid groups (broad SMARTS) is 1. The van der Waals surface area contributed by atoms with Crippen LogP contribution in [0.5, 0.6) is 0 Å². The van der Waals surface area contributed by atoms with Crippen molar-refractivity contribution < 1.29 is 9.90 Å². The summed E-state index contributed by atoms with van der Waals surface area (Å²) >= 11 is 11.8. The standard InChI is InChI=1S/C10H9Cl2NO2/c11-7-3-1-4-8(12)10(7)13-6-2-5-9(14)15/h1-5,13H,6H2,(H,14,15)/b5-2+. The molecule has 0 heterocycles. The number of aliphatic carboxylic acids is 1. The lowest BCUT2D eigenvalue weighted by molar-refractivity contribution is -0.131. The first-order valence-electron chi connectivity index (χ1n) is 4.18. The number of carbonyl (C=O) groups is 1. The van der Waals surface area contributed by atoms with Gasteiger partial charge in [0.1, 0.15) is 0 Å². The lowest BCUT2D eigenvalue weighted by Crippen LogP contribution is -2.00. The van der Waals surface area contributed by atoms with Crippen molar-refractivity contribution in [2.45, 2.75) is 0 Å². The summed E-state index contributed by atoms with van der Waals surface area (Å²) in [5.74, 6) is -0.984. The van der Waals surface area contributed by atoms with Crippen LogP contribution in [0.2, 0.25) is 10.0 Å². The molecule has 0 aliphatic carbocycles. The van der Waals surface area contributed by atoms with Crippen LogP contribution in [0.1, 0.15) is 0 Å². The third-order valence-corrected chi connectivity index (χ3v) is 2.25. The molecule has 0 fully saturated rings. The van der Waals surface area contributed by atoms with Crippen LogP contribution in [0, 0.1) is 0 Å². The van der Waals surface area contributed by atoms with Gasteiger partial charge in [-0.2, -0.15) is 0 Å². The highest BCUT2D eigenvalue weighted by atomic mass is 35.5. The van der Waals surface area contributed by atoms with Gasteiger partial charge in [-0.15, -0.1) is 0 Å². The molecule has 15 heavy (non-hydrogen) atoms. The van der Waals surface area contributed by atoms with Crippen molar-refractivity contribution in [2.75, 3.05) is 11.9 Å². The Morgan fingerprint density at radius 1 is 1.40 bits per heavy atom. The molecule has 0 saturated carbocycles. The van der Waals surface area contributed by atoms with Gasteiger partial charge in [0.25, 0.3) is 0 Å². The molecule has 1 aromatic carbocycles. The van der Waals surface area contributed by atoms with Crippen LogP contribution in [0.3, 0.4) is 0 Å². The minimum Gasteiger partial charge on any atom is -0.478 e. The Labute approximate surface area is 97.3 Å². The molecule has 5 heteroatoms. The van der Waals surface area contributed by atoms with Gasteiger partial charge in [-0.3, -0.25) is 0 Å². The molecule has 0 aliphatic heterocycles. The van der Waals surface area contributed by atoms with E-state index in [2.05, 4.69) is 5.32 Å². The van der Waals surface area contributed by atoms with Crippen LogP contribution in [0.4, 0.5) is 5.69 Å². The fourth-order valence-electron chi connectivity index (χ4n) is 0.987. The second-order valence-electron chi connectivity index (χ2n) is 2.72. The molecule has 3 nitrogen and oxygen atoms in total. The van der Waals surface area contributed by atoms with E-state index in [9.17, 15) is 4.79 Å². The maximum Gasteiger partial charge on any atom is 0.328 e. The van der Waals surface area contributed by atoms with Gasteiger partial charge in [0.2, 0.25) is 0 Å². The number of hydrogen-bond acceptors (Lipinski definition) is 2. The van der Waals surface area contributed by atoms with Crippen LogP contribution in [0.25, 0.3) is 0 Å². The Balaban J connectivity index is 2.61. The number of halogens is 2. The van der Waals surface area contributed by atoms with Gasteiger partial charge in [0.05, 0.1) is 15.7 Å². The summed E-state index contributed by atoms with van der Waals surface area (Å²) in [5, 5.41) is 12.3. The van der Waals surface area contributed by atoms with Gasteiger partial charge in [0, 0.05) is 12.6 Å². The maximum atomic E-state index is 10.2. The van der Waals surface area contributed by atoms with E-state index in [4.69, 9.17) is 28.3 Å². The van der Waals surface area contributed by atoms with Crippen molar-refractivity contribution in [1.82, 2.24) is 0 Å². The van der Waals surface area contributed by atoms with E-state index in [1.54, 1.807) is 18.2 Å². The average molecular weight is 246 g/mol. The molecule has 1 aromatic rings. The number of anilines is 1. The molecule has 1 rings (SSSR count). The highest BCUT2D eigenvalue weighted by Crippen LogP contribution is 2.29. The third-order valence-electron chi connectivity index (χ3n) is 1.62. The summed E-state index contributed by atoms with van der Waals surface area (Å²) in [7, 11) is 0. The van der Waals surface area contributed by atoms with E-state index in [1.807, 2.05) is 0 Å². The maximum absolute atomic E-state index is 10.2. The normalized spacial score (nSPS) is 10.5. The van der Waals surface area contributed by atoms with Crippen molar-refractivity contribution in [3.63, 3.8) is 0 Å². The summed E-state index contributed by atoms with van der Waals surface area (Å²) in [5.41, 5.74) is 0.607. The Morgan fingerprint density at radius 3 is 2.53 bits per heavy atom. The molecule has 0 radical (unpaired) electrons. The van der Waals surface area contributed by atoms with Gasteiger partial charge in [-0.05, 0) is 12.1 Å². The molecule has 80 valence electrons. The monoisotopic (exact) mass is 245 g/mol. The molecular weight excluding hydrogens is 237 g/mol. The molecule has 0 atom stereocenters. The summed E-state index contributed by atoms with van der Waals surface area (Å²) in [6.07, 6.45) is 2.53. The van der Waals surface area contributed by atoms with Gasteiger partial charge in [-0.25, -0.2) is 4.79 Å². The van der Waals surface area contributed by atoms with Crippen molar-refractivity contribution in [3.05, 3.63) is 40.4 Å². The lowest BCUT2D eigenvalue weighted by atomic mass is 10.3. The van der Waals surface area contributed by atoms with Crippen molar-refractivity contribution in [1.29, 1.82) is 0 Å². The molecule has 0 aliphatic rings. The Morgan fingerprint density at radius 2 is 2.00 bits per heavy atom. The minimum atomic E-state index is -0.984. The first kappa shape index (κ1) is 11.9. The van der Waals surface area contributed by atoms with Gasteiger partial charge in [0.15, 0.2) is 0 Å². The molecule has 2 N–H and O–H groups in total. The lowest BCUT2D eigenvalue weighted by Gasteiger charge is -2.07. The highest BCUT2D eigenvalue weighted by molar-refractivity contribution is 6.39. The number of benzene rings is 1. The molecule has 0 spiro atoms. The number of rotatable bonds is 4.